The number of nitrogens with zero attached hydrogens (tertiary/aromatic N) is 2. The minimum absolute atomic E-state index is 0.0931. The molecule has 4 rings (SSSR count). The Morgan fingerprint density at radius 2 is 1.55 bits per heavy atom. The van der Waals surface area contributed by atoms with Crippen molar-refractivity contribution in [2.24, 2.45) is 5.92 Å². The zero-order valence-corrected chi connectivity index (χ0v) is 19.4. The first kappa shape index (κ1) is 23.1. The van der Waals surface area contributed by atoms with Crippen molar-refractivity contribution in [2.45, 2.75) is 18.7 Å². The molecule has 1 N–H and O–H groups in total. The SMILES string of the molecule is CC(C)C(=O)Nc1ccc(C(=O)N2CCN(S(=O)(=O)c3ccc4c(c3)OCCO4)CC2)cc1. The van der Waals surface area contributed by atoms with Crippen molar-refractivity contribution in [1.29, 1.82) is 0 Å². The number of hydrogen-bond acceptors (Lipinski definition) is 6. The van der Waals surface area contributed by atoms with Crippen molar-refractivity contribution in [1.82, 2.24) is 9.21 Å². The van der Waals surface area contributed by atoms with Crippen LogP contribution in [0.1, 0.15) is 24.2 Å². The third kappa shape index (κ3) is 4.96. The van der Waals surface area contributed by atoms with Gasteiger partial charge >= 0.3 is 0 Å². The molecule has 2 aromatic rings. The number of anilines is 1. The lowest BCUT2D eigenvalue weighted by atomic mass is 10.1. The van der Waals surface area contributed by atoms with Crippen LogP contribution in [0, 0.1) is 5.92 Å². The first-order chi connectivity index (χ1) is 15.8. The Kier molecular flexibility index (Phi) is 6.57. The average molecular weight is 474 g/mol. The maximum Gasteiger partial charge on any atom is 0.253 e. The monoisotopic (exact) mass is 473 g/mol. The van der Waals surface area contributed by atoms with Gasteiger partial charge in [0, 0.05) is 49.4 Å². The fourth-order valence-electron chi connectivity index (χ4n) is 3.63. The molecule has 33 heavy (non-hydrogen) atoms. The lowest BCUT2D eigenvalue weighted by Crippen LogP contribution is -2.50. The number of fused-ring (bicyclic) bond motifs is 1. The number of benzene rings is 2. The molecule has 1 fully saturated rings. The lowest BCUT2D eigenvalue weighted by molar-refractivity contribution is -0.118. The topological polar surface area (TPSA) is 105 Å². The summed E-state index contributed by atoms with van der Waals surface area (Å²) in [5.74, 6) is 0.549. The quantitative estimate of drug-likeness (QED) is 0.714. The number of carbonyl (C=O) groups excluding carboxylic acids is 2. The zero-order valence-electron chi connectivity index (χ0n) is 18.6. The van der Waals surface area contributed by atoms with Crippen molar-refractivity contribution in [3.05, 3.63) is 48.0 Å². The molecule has 2 aromatic carbocycles. The van der Waals surface area contributed by atoms with Gasteiger partial charge in [0.25, 0.3) is 5.91 Å². The Morgan fingerprint density at radius 1 is 0.909 bits per heavy atom. The molecule has 10 heteroatoms. The normalized spacial score (nSPS) is 16.5. The van der Waals surface area contributed by atoms with Crippen LogP contribution in [-0.2, 0) is 14.8 Å². The van der Waals surface area contributed by atoms with Gasteiger partial charge in [-0.3, -0.25) is 9.59 Å². The molecule has 2 aliphatic rings. The van der Waals surface area contributed by atoms with E-state index < -0.39 is 10.0 Å². The number of amides is 2. The smallest absolute Gasteiger partial charge is 0.253 e. The summed E-state index contributed by atoms with van der Waals surface area (Å²) in [4.78, 5) is 26.5. The van der Waals surface area contributed by atoms with Crippen molar-refractivity contribution >= 4 is 27.5 Å². The summed E-state index contributed by atoms with van der Waals surface area (Å²) in [5, 5.41) is 2.79. The Labute approximate surface area is 193 Å². The van der Waals surface area contributed by atoms with Crippen molar-refractivity contribution in [3.63, 3.8) is 0 Å². The van der Waals surface area contributed by atoms with Crippen molar-refractivity contribution in [3.8, 4) is 11.5 Å². The number of rotatable bonds is 5. The van der Waals surface area contributed by atoms with Gasteiger partial charge in [0.05, 0.1) is 4.90 Å². The molecule has 2 heterocycles. The van der Waals surface area contributed by atoms with Crippen molar-refractivity contribution in [2.75, 3.05) is 44.7 Å². The summed E-state index contributed by atoms with van der Waals surface area (Å²) in [6.45, 7) is 5.40. The third-order valence-corrected chi connectivity index (χ3v) is 7.50. The highest BCUT2D eigenvalue weighted by molar-refractivity contribution is 7.89. The number of nitrogens with one attached hydrogen (secondary N) is 1. The number of ether oxygens (including phenoxy) is 2. The molecular formula is C23H27N3O6S. The Morgan fingerprint density at radius 3 is 2.18 bits per heavy atom. The summed E-state index contributed by atoms with van der Waals surface area (Å²) in [7, 11) is -3.71. The summed E-state index contributed by atoms with van der Waals surface area (Å²) in [6, 6.07) is 11.3. The second kappa shape index (κ2) is 9.40. The fraction of sp³-hybridized carbons (Fsp3) is 0.391. The van der Waals surface area contributed by atoms with Crippen LogP contribution in [0.2, 0.25) is 0 Å². The molecule has 176 valence electrons. The van der Waals surface area contributed by atoms with Gasteiger partial charge in [-0.2, -0.15) is 4.31 Å². The van der Waals surface area contributed by atoms with E-state index in [1.165, 1.54) is 16.4 Å². The van der Waals surface area contributed by atoms with Gasteiger partial charge in [-0.25, -0.2) is 8.42 Å². The minimum Gasteiger partial charge on any atom is -0.486 e. The summed E-state index contributed by atoms with van der Waals surface area (Å²) in [6.07, 6.45) is 0. The van der Waals surface area contributed by atoms with E-state index >= 15 is 0 Å². The van der Waals surface area contributed by atoms with Crippen LogP contribution in [0.25, 0.3) is 0 Å². The summed E-state index contributed by atoms with van der Waals surface area (Å²) < 4.78 is 38.5. The van der Waals surface area contributed by atoms with E-state index in [-0.39, 0.29) is 48.8 Å². The molecule has 0 aliphatic carbocycles. The molecule has 0 unspecified atom stereocenters. The highest BCUT2D eigenvalue weighted by Crippen LogP contribution is 2.33. The average Bonchev–Trinajstić information content (AvgIpc) is 2.83. The highest BCUT2D eigenvalue weighted by atomic mass is 32.2. The zero-order chi connectivity index (χ0) is 23.6. The molecule has 2 aliphatic heterocycles. The molecule has 1 saturated heterocycles. The number of sulfonamides is 1. The van der Waals surface area contributed by atoms with Gasteiger partial charge in [0.2, 0.25) is 15.9 Å². The summed E-state index contributed by atoms with van der Waals surface area (Å²) in [5.41, 5.74) is 1.11. The van der Waals surface area contributed by atoms with Crippen LogP contribution in [0.5, 0.6) is 11.5 Å². The van der Waals surface area contributed by atoms with E-state index in [0.717, 1.165) is 0 Å². The minimum atomic E-state index is -3.71. The Balaban J connectivity index is 1.38. The Bertz CT molecular complexity index is 1140. The van der Waals surface area contributed by atoms with Gasteiger partial charge < -0.3 is 19.7 Å². The van der Waals surface area contributed by atoms with Crippen molar-refractivity contribution < 1.29 is 27.5 Å². The first-order valence-corrected chi connectivity index (χ1v) is 12.3. The molecular weight excluding hydrogens is 446 g/mol. The molecule has 2 amide bonds. The van der Waals surface area contributed by atoms with Crippen LogP contribution in [0.4, 0.5) is 5.69 Å². The second-order valence-electron chi connectivity index (χ2n) is 8.22. The molecule has 0 bridgehead atoms. The number of piperazine rings is 1. The second-order valence-corrected chi connectivity index (χ2v) is 10.2. The van der Waals surface area contributed by atoms with Gasteiger partial charge in [-0.15, -0.1) is 0 Å². The molecule has 0 atom stereocenters. The van der Waals surface area contributed by atoms with E-state index in [2.05, 4.69) is 5.32 Å². The first-order valence-electron chi connectivity index (χ1n) is 10.9. The predicted octanol–water partition coefficient (Wildman–Crippen LogP) is 2.20. The van der Waals surface area contributed by atoms with E-state index in [1.807, 2.05) is 0 Å². The van der Waals surface area contributed by atoms with Crippen LogP contribution in [-0.4, -0.2) is 68.8 Å². The lowest BCUT2D eigenvalue weighted by Gasteiger charge is -2.34. The fourth-order valence-corrected chi connectivity index (χ4v) is 5.07. The van der Waals surface area contributed by atoms with E-state index in [1.54, 1.807) is 49.1 Å². The van der Waals surface area contributed by atoms with Crippen LogP contribution < -0.4 is 14.8 Å². The number of carbonyl (C=O) groups is 2. The maximum atomic E-state index is 13.1. The molecule has 0 radical (unpaired) electrons. The predicted molar refractivity (Wildman–Crippen MR) is 122 cm³/mol. The van der Waals surface area contributed by atoms with Gasteiger partial charge in [0.15, 0.2) is 11.5 Å². The van der Waals surface area contributed by atoms with Crippen LogP contribution in [0.15, 0.2) is 47.4 Å². The van der Waals surface area contributed by atoms with E-state index in [9.17, 15) is 18.0 Å². The highest BCUT2D eigenvalue weighted by Gasteiger charge is 2.31. The largest absolute Gasteiger partial charge is 0.486 e. The summed E-state index contributed by atoms with van der Waals surface area (Å²) >= 11 is 0. The number of hydrogen-bond donors (Lipinski definition) is 1. The third-order valence-electron chi connectivity index (χ3n) is 5.60. The van der Waals surface area contributed by atoms with Crippen LogP contribution >= 0.6 is 0 Å². The standard InChI is InChI=1S/C23H27N3O6S/c1-16(2)22(27)24-18-5-3-17(4-6-18)23(28)25-9-11-26(12-10-25)33(29,30)19-7-8-20-21(15-19)32-14-13-31-20/h3-8,15-16H,9-14H2,1-2H3,(H,24,27). The molecule has 0 saturated carbocycles. The van der Waals surface area contributed by atoms with Gasteiger partial charge in [-0.1, -0.05) is 13.8 Å². The maximum absolute atomic E-state index is 13.1. The van der Waals surface area contributed by atoms with E-state index in [0.29, 0.717) is 36.0 Å². The molecule has 0 aromatic heterocycles. The molecule has 0 spiro atoms. The van der Waals surface area contributed by atoms with Gasteiger partial charge in [-0.05, 0) is 36.4 Å². The Hall–Kier alpha value is -3.11. The van der Waals surface area contributed by atoms with Crippen LogP contribution in [0.3, 0.4) is 0 Å². The van der Waals surface area contributed by atoms with Gasteiger partial charge in [0.1, 0.15) is 13.2 Å². The van der Waals surface area contributed by atoms with E-state index in [4.69, 9.17) is 9.47 Å². The molecule has 9 nitrogen and oxygen atoms in total.